The minimum atomic E-state index is -0.167. The van der Waals surface area contributed by atoms with E-state index in [4.69, 9.17) is 11.6 Å². The molecule has 0 atom stereocenters. The molecule has 0 fully saturated rings. The van der Waals surface area contributed by atoms with Crippen LogP contribution in [0, 0.1) is 6.92 Å². The molecule has 0 saturated carbocycles. The van der Waals surface area contributed by atoms with E-state index in [0.29, 0.717) is 23.8 Å². The van der Waals surface area contributed by atoms with Crippen molar-refractivity contribution in [2.24, 2.45) is 0 Å². The normalized spacial score (nSPS) is 10.7. The van der Waals surface area contributed by atoms with Gasteiger partial charge in [0.1, 0.15) is 0 Å². The van der Waals surface area contributed by atoms with Gasteiger partial charge in [0.05, 0.1) is 6.54 Å². The average molecular weight is 444 g/mol. The summed E-state index contributed by atoms with van der Waals surface area (Å²) in [5.74, 6) is 0. The zero-order valence-corrected chi connectivity index (χ0v) is 18.8. The summed E-state index contributed by atoms with van der Waals surface area (Å²) in [4.78, 5) is 15.1. The van der Waals surface area contributed by atoms with Crippen molar-refractivity contribution in [3.8, 4) is 0 Å². The molecule has 4 rings (SSSR count). The zero-order chi connectivity index (χ0) is 22.3. The summed E-state index contributed by atoms with van der Waals surface area (Å²) < 4.78 is 2.20. The smallest absolute Gasteiger partial charge is 0.322 e. The Kier molecular flexibility index (Phi) is 6.93. The summed E-state index contributed by atoms with van der Waals surface area (Å²) in [5.41, 5.74) is 5.35. The summed E-state index contributed by atoms with van der Waals surface area (Å²) in [5, 5.41) is 3.57. The number of nitrogens with one attached hydrogen (secondary N) is 1. The first-order valence-electron chi connectivity index (χ1n) is 10.6. The van der Waals surface area contributed by atoms with Crippen LogP contribution in [-0.4, -0.2) is 15.5 Å². The minimum absolute atomic E-state index is 0.167. The fourth-order valence-corrected chi connectivity index (χ4v) is 3.88. The van der Waals surface area contributed by atoms with Gasteiger partial charge in [-0.05, 0) is 53.9 Å². The average Bonchev–Trinajstić information content (AvgIpc) is 3.22. The molecule has 1 aromatic heterocycles. The fraction of sp³-hybridized carbons (Fsp3) is 0.148. The van der Waals surface area contributed by atoms with E-state index in [-0.39, 0.29) is 6.03 Å². The Balaban J connectivity index is 1.56. The number of urea groups is 1. The first-order chi connectivity index (χ1) is 15.6. The lowest BCUT2D eigenvalue weighted by Gasteiger charge is -2.24. The maximum Gasteiger partial charge on any atom is 0.322 e. The van der Waals surface area contributed by atoms with E-state index in [0.717, 1.165) is 17.8 Å². The monoisotopic (exact) mass is 443 g/mol. The van der Waals surface area contributed by atoms with Crippen LogP contribution in [0.4, 0.5) is 10.5 Å². The van der Waals surface area contributed by atoms with Crippen molar-refractivity contribution in [3.63, 3.8) is 0 Å². The highest BCUT2D eigenvalue weighted by atomic mass is 35.5. The molecule has 1 heterocycles. The van der Waals surface area contributed by atoms with Crippen molar-refractivity contribution < 1.29 is 4.79 Å². The van der Waals surface area contributed by atoms with Gasteiger partial charge in [0.15, 0.2) is 0 Å². The van der Waals surface area contributed by atoms with E-state index in [1.807, 2.05) is 53.4 Å². The maximum atomic E-state index is 13.2. The molecule has 1 N–H and O–H groups in total. The topological polar surface area (TPSA) is 37.3 Å². The van der Waals surface area contributed by atoms with Crippen LogP contribution in [0.15, 0.2) is 97.2 Å². The Morgan fingerprint density at radius 3 is 2.47 bits per heavy atom. The highest BCUT2D eigenvalue weighted by Crippen LogP contribution is 2.18. The highest BCUT2D eigenvalue weighted by molar-refractivity contribution is 6.30. The highest BCUT2D eigenvalue weighted by Gasteiger charge is 2.17. The number of benzene rings is 3. The largest absolute Gasteiger partial charge is 0.345 e. The third-order valence-electron chi connectivity index (χ3n) is 5.46. The molecule has 2 amide bonds. The second-order valence-electron chi connectivity index (χ2n) is 7.84. The Morgan fingerprint density at radius 1 is 0.906 bits per heavy atom. The molecule has 0 radical (unpaired) electrons. The number of rotatable bonds is 7. The summed E-state index contributed by atoms with van der Waals surface area (Å²) in [6.45, 7) is 3.88. The van der Waals surface area contributed by atoms with Gasteiger partial charge in [-0.1, -0.05) is 72.3 Å². The van der Waals surface area contributed by atoms with Crippen LogP contribution in [0.1, 0.15) is 22.4 Å². The molecule has 0 unspecified atom stereocenters. The van der Waals surface area contributed by atoms with Gasteiger partial charge < -0.3 is 14.8 Å². The molecule has 32 heavy (non-hydrogen) atoms. The molecular weight excluding hydrogens is 418 g/mol. The second kappa shape index (κ2) is 10.2. The lowest BCUT2D eigenvalue weighted by Crippen LogP contribution is -2.34. The Bertz CT molecular complexity index is 1190. The fourth-order valence-electron chi connectivity index (χ4n) is 3.69. The number of nitrogens with zero attached hydrogens (tertiary/aromatic N) is 2. The van der Waals surface area contributed by atoms with E-state index in [1.54, 1.807) is 12.1 Å². The maximum absolute atomic E-state index is 13.2. The third kappa shape index (κ3) is 5.59. The van der Waals surface area contributed by atoms with Crippen LogP contribution < -0.4 is 5.32 Å². The van der Waals surface area contributed by atoms with Crippen molar-refractivity contribution >= 4 is 23.3 Å². The molecule has 162 valence electrons. The summed E-state index contributed by atoms with van der Waals surface area (Å²) in [6.07, 6.45) is 2.07. The van der Waals surface area contributed by atoms with E-state index in [1.165, 1.54) is 11.1 Å². The van der Waals surface area contributed by atoms with E-state index in [2.05, 4.69) is 53.3 Å². The molecule has 3 aromatic carbocycles. The Morgan fingerprint density at radius 2 is 1.69 bits per heavy atom. The number of carbonyl (C=O) groups is 1. The molecule has 0 bridgehead atoms. The first-order valence-corrected chi connectivity index (χ1v) is 11.0. The molecule has 0 aliphatic carbocycles. The van der Waals surface area contributed by atoms with Crippen molar-refractivity contribution in [1.29, 1.82) is 0 Å². The molecule has 0 aliphatic rings. The minimum Gasteiger partial charge on any atom is -0.345 e. The number of aromatic nitrogens is 1. The molecule has 0 spiro atoms. The van der Waals surface area contributed by atoms with Crippen molar-refractivity contribution in [2.75, 3.05) is 5.32 Å². The number of anilines is 1. The van der Waals surface area contributed by atoms with E-state index >= 15 is 0 Å². The van der Waals surface area contributed by atoms with Gasteiger partial charge in [-0.25, -0.2) is 4.79 Å². The predicted octanol–water partition coefficient (Wildman–Crippen LogP) is 6.73. The van der Waals surface area contributed by atoms with Gasteiger partial charge in [-0.2, -0.15) is 0 Å². The Hall–Kier alpha value is -3.50. The summed E-state index contributed by atoms with van der Waals surface area (Å²) >= 11 is 6.10. The molecule has 0 saturated heterocycles. The quantitative estimate of drug-likeness (QED) is 0.337. The lowest BCUT2D eigenvalue weighted by molar-refractivity contribution is 0.205. The van der Waals surface area contributed by atoms with Crippen LogP contribution in [0.3, 0.4) is 0 Å². The van der Waals surface area contributed by atoms with Gasteiger partial charge in [0.2, 0.25) is 0 Å². The summed E-state index contributed by atoms with van der Waals surface area (Å²) in [6, 6.07) is 29.6. The molecule has 4 aromatic rings. The number of hydrogen-bond acceptors (Lipinski definition) is 1. The number of halogens is 1. The summed E-state index contributed by atoms with van der Waals surface area (Å²) in [7, 11) is 0. The number of hydrogen-bond donors (Lipinski definition) is 1. The zero-order valence-electron chi connectivity index (χ0n) is 18.0. The standard InChI is InChI=1S/C27H26ClN3O/c1-21-9-5-6-12-23(21)19-30-16-8-15-26(30)20-31(18-22-10-3-2-4-11-22)27(32)29-25-14-7-13-24(28)17-25/h2-17H,18-20H2,1H3,(H,29,32). The molecule has 4 nitrogen and oxygen atoms in total. The van der Waals surface area contributed by atoms with Crippen molar-refractivity contribution in [2.45, 2.75) is 26.6 Å². The predicted molar refractivity (Wildman–Crippen MR) is 131 cm³/mol. The first kappa shape index (κ1) is 21.7. The van der Waals surface area contributed by atoms with Crippen LogP contribution in [0.5, 0.6) is 0 Å². The van der Waals surface area contributed by atoms with Crippen LogP contribution in [-0.2, 0) is 19.6 Å². The SMILES string of the molecule is Cc1ccccc1Cn1cccc1CN(Cc1ccccc1)C(=O)Nc1cccc(Cl)c1. The van der Waals surface area contributed by atoms with Gasteiger partial charge in [-0.3, -0.25) is 0 Å². The molecule has 5 heteroatoms. The van der Waals surface area contributed by atoms with E-state index < -0.39 is 0 Å². The van der Waals surface area contributed by atoms with Gasteiger partial charge in [-0.15, -0.1) is 0 Å². The van der Waals surface area contributed by atoms with Crippen LogP contribution in [0.2, 0.25) is 5.02 Å². The van der Waals surface area contributed by atoms with Crippen molar-refractivity contribution in [3.05, 3.63) is 125 Å². The molecular formula is C27H26ClN3O. The lowest BCUT2D eigenvalue weighted by atomic mass is 10.1. The third-order valence-corrected chi connectivity index (χ3v) is 5.69. The van der Waals surface area contributed by atoms with Crippen LogP contribution >= 0.6 is 11.6 Å². The van der Waals surface area contributed by atoms with Gasteiger partial charge in [0, 0.05) is 35.7 Å². The van der Waals surface area contributed by atoms with Crippen molar-refractivity contribution in [1.82, 2.24) is 9.47 Å². The molecule has 0 aliphatic heterocycles. The number of aryl methyl sites for hydroxylation is 1. The second-order valence-corrected chi connectivity index (χ2v) is 8.27. The number of carbonyl (C=O) groups excluding carboxylic acids is 1. The number of amides is 2. The van der Waals surface area contributed by atoms with Gasteiger partial charge in [0.25, 0.3) is 0 Å². The Labute approximate surface area is 194 Å². The van der Waals surface area contributed by atoms with Gasteiger partial charge >= 0.3 is 6.03 Å². The van der Waals surface area contributed by atoms with Crippen LogP contribution in [0.25, 0.3) is 0 Å². The van der Waals surface area contributed by atoms with E-state index in [9.17, 15) is 4.79 Å².